The Balaban J connectivity index is 2.73. The normalized spacial score (nSPS) is 11.6. The van der Waals surface area contributed by atoms with E-state index in [4.69, 9.17) is 0 Å². The van der Waals surface area contributed by atoms with Crippen molar-refractivity contribution in [2.24, 2.45) is 7.05 Å². The molecule has 120 valence electrons. The molecule has 2 N–H and O–H groups in total. The fourth-order valence-corrected chi connectivity index (χ4v) is 2.55. The molecule has 21 heavy (non-hydrogen) atoms. The third kappa shape index (κ3) is 4.74. The number of carbonyl (C=O) groups excluding carboxylic acids is 1. The highest BCUT2D eigenvalue weighted by Gasteiger charge is 2.20. The second-order valence-electron chi connectivity index (χ2n) is 6.03. The second-order valence-corrected chi connectivity index (χ2v) is 6.03. The molecule has 1 aromatic rings. The Morgan fingerprint density at radius 3 is 2.48 bits per heavy atom. The minimum atomic E-state index is -0.899. The Morgan fingerprint density at radius 1 is 1.38 bits per heavy atom. The molecular formula is C15H28N4O2. The van der Waals surface area contributed by atoms with Crippen molar-refractivity contribution in [2.75, 3.05) is 13.6 Å². The van der Waals surface area contributed by atoms with Crippen molar-refractivity contribution in [1.82, 2.24) is 20.0 Å². The highest BCUT2D eigenvalue weighted by Crippen LogP contribution is 2.15. The van der Waals surface area contributed by atoms with Crippen molar-refractivity contribution in [3.63, 3.8) is 0 Å². The SMILES string of the molecule is CCc1nn(C)c(CC)c1CNC(=O)N(C)CC(C)(C)O. The van der Waals surface area contributed by atoms with Crippen LogP contribution in [0.3, 0.4) is 0 Å². The van der Waals surface area contributed by atoms with Gasteiger partial charge in [0.05, 0.1) is 17.8 Å². The smallest absolute Gasteiger partial charge is 0.317 e. The van der Waals surface area contributed by atoms with Gasteiger partial charge in [0.15, 0.2) is 0 Å². The lowest BCUT2D eigenvalue weighted by molar-refractivity contribution is 0.0531. The summed E-state index contributed by atoms with van der Waals surface area (Å²) in [5.74, 6) is 0. The standard InChI is InChI=1S/C15H28N4O2/c1-7-12-11(13(8-2)19(6)17-12)9-16-14(20)18(5)10-15(3,4)21/h21H,7-10H2,1-6H3,(H,16,20). The van der Waals surface area contributed by atoms with E-state index in [9.17, 15) is 9.90 Å². The van der Waals surface area contributed by atoms with Crippen LogP contribution in [0.5, 0.6) is 0 Å². The number of likely N-dealkylation sites (N-methyl/N-ethyl adjacent to an activating group) is 1. The summed E-state index contributed by atoms with van der Waals surface area (Å²) < 4.78 is 1.89. The number of urea groups is 1. The van der Waals surface area contributed by atoms with E-state index in [-0.39, 0.29) is 12.6 Å². The summed E-state index contributed by atoms with van der Waals surface area (Å²) in [6, 6.07) is -0.190. The number of nitrogens with one attached hydrogen (secondary N) is 1. The predicted octanol–water partition coefficient (Wildman–Crippen LogP) is 1.46. The van der Waals surface area contributed by atoms with Crippen LogP contribution in [0.15, 0.2) is 0 Å². The number of aromatic nitrogens is 2. The summed E-state index contributed by atoms with van der Waals surface area (Å²) in [7, 11) is 3.61. The largest absolute Gasteiger partial charge is 0.389 e. The maximum absolute atomic E-state index is 12.1. The highest BCUT2D eigenvalue weighted by atomic mass is 16.3. The molecule has 0 aliphatic carbocycles. The molecule has 0 aromatic carbocycles. The molecule has 2 amide bonds. The summed E-state index contributed by atoms with van der Waals surface area (Å²) in [6.45, 7) is 8.27. The van der Waals surface area contributed by atoms with Gasteiger partial charge in [-0.2, -0.15) is 5.10 Å². The van der Waals surface area contributed by atoms with Crippen LogP contribution in [0, 0.1) is 0 Å². The van der Waals surface area contributed by atoms with Crippen LogP contribution in [-0.2, 0) is 26.4 Å². The lowest BCUT2D eigenvalue weighted by Gasteiger charge is -2.25. The lowest BCUT2D eigenvalue weighted by Crippen LogP contribution is -2.44. The van der Waals surface area contributed by atoms with Crippen LogP contribution in [0.2, 0.25) is 0 Å². The van der Waals surface area contributed by atoms with E-state index in [2.05, 4.69) is 24.3 Å². The van der Waals surface area contributed by atoms with Gasteiger partial charge in [-0.3, -0.25) is 4.68 Å². The molecule has 0 spiro atoms. The third-order valence-corrected chi connectivity index (χ3v) is 3.42. The van der Waals surface area contributed by atoms with E-state index in [1.165, 1.54) is 4.90 Å². The van der Waals surface area contributed by atoms with Gasteiger partial charge in [-0.1, -0.05) is 13.8 Å². The predicted molar refractivity (Wildman–Crippen MR) is 83.1 cm³/mol. The number of aliphatic hydroxyl groups is 1. The number of nitrogens with zero attached hydrogens (tertiary/aromatic N) is 3. The molecule has 1 aromatic heterocycles. The zero-order valence-corrected chi connectivity index (χ0v) is 14.0. The van der Waals surface area contributed by atoms with E-state index < -0.39 is 5.60 Å². The molecular weight excluding hydrogens is 268 g/mol. The van der Waals surface area contributed by atoms with E-state index >= 15 is 0 Å². The van der Waals surface area contributed by atoms with Crippen molar-refractivity contribution in [2.45, 2.75) is 52.7 Å². The topological polar surface area (TPSA) is 70.4 Å². The van der Waals surface area contributed by atoms with E-state index in [1.807, 2.05) is 11.7 Å². The molecule has 0 fully saturated rings. The van der Waals surface area contributed by atoms with Crippen LogP contribution in [0.4, 0.5) is 4.79 Å². The molecule has 0 unspecified atom stereocenters. The Hall–Kier alpha value is -1.56. The molecule has 6 nitrogen and oxygen atoms in total. The number of aryl methyl sites for hydroxylation is 2. The van der Waals surface area contributed by atoms with Crippen molar-refractivity contribution in [3.05, 3.63) is 17.0 Å². The van der Waals surface area contributed by atoms with E-state index in [0.717, 1.165) is 29.8 Å². The van der Waals surface area contributed by atoms with Gasteiger partial charge in [-0.05, 0) is 26.7 Å². The summed E-state index contributed by atoms with van der Waals surface area (Å²) in [6.07, 6.45) is 1.73. The lowest BCUT2D eigenvalue weighted by atomic mass is 10.1. The van der Waals surface area contributed by atoms with Gasteiger partial charge in [0, 0.05) is 31.9 Å². The van der Waals surface area contributed by atoms with Crippen LogP contribution >= 0.6 is 0 Å². The first kappa shape index (κ1) is 17.5. The van der Waals surface area contributed by atoms with Crippen molar-refractivity contribution in [3.8, 4) is 0 Å². The van der Waals surface area contributed by atoms with Gasteiger partial charge >= 0.3 is 6.03 Å². The van der Waals surface area contributed by atoms with Gasteiger partial charge < -0.3 is 15.3 Å². The molecule has 0 radical (unpaired) electrons. The van der Waals surface area contributed by atoms with Crippen LogP contribution in [0.25, 0.3) is 0 Å². The van der Waals surface area contributed by atoms with Crippen LogP contribution < -0.4 is 5.32 Å². The molecule has 6 heteroatoms. The van der Waals surface area contributed by atoms with Gasteiger partial charge in [0.1, 0.15) is 0 Å². The van der Waals surface area contributed by atoms with Crippen LogP contribution in [0.1, 0.15) is 44.6 Å². The minimum absolute atomic E-state index is 0.190. The van der Waals surface area contributed by atoms with Gasteiger partial charge in [0.25, 0.3) is 0 Å². The quantitative estimate of drug-likeness (QED) is 0.835. The fourth-order valence-electron chi connectivity index (χ4n) is 2.55. The number of amides is 2. The Kier molecular flexibility index (Phi) is 5.78. The first-order valence-corrected chi connectivity index (χ1v) is 7.44. The van der Waals surface area contributed by atoms with Gasteiger partial charge in [-0.25, -0.2) is 4.79 Å². The maximum atomic E-state index is 12.1. The Bertz CT molecular complexity index is 489. The van der Waals surface area contributed by atoms with Gasteiger partial charge in [-0.15, -0.1) is 0 Å². The highest BCUT2D eigenvalue weighted by molar-refractivity contribution is 5.74. The minimum Gasteiger partial charge on any atom is -0.389 e. The van der Waals surface area contributed by atoms with E-state index in [1.54, 1.807) is 20.9 Å². The average molecular weight is 296 g/mol. The molecule has 0 saturated carbocycles. The summed E-state index contributed by atoms with van der Waals surface area (Å²) in [5, 5.41) is 17.2. The third-order valence-electron chi connectivity index (χ3n) is 3.42. The Morgan fingerprint density at radius 2 is 2.00 bits per heavy atom. The van der Waals surface area contributed by atoms with Crippen molar-refractivity contribution < 1.29 is 9.90 Å². The first-order valence-electron chi connectivity index (χ1n) is 7.44. The fraction of sp³-hybridized carbons (Fsp3) is 0.733. The molecule has 0 aliphatic rings. The average Bonchev–Trinajstić information content (AvgIpc) is 2.69. The Labute approximate surface area is 127 Å². The molecule has 1 heterocycles. The number of carbonyl (C=O) groups is 1. The van der Waals surface area contributed by atoms with Crippen molar-refractivity contribution >= 4 is 6.03 Å². The summed E-state index contributed by atoms with van der Waals surface area (Å²) in [4.78, 5) is 13.6. The molecule has 0 saturated heterocycles. The van der Waals surface area contributed by atoms with Crippen LogP contribution in [-0.4, -0.2) is 45.0 Å². The maximum Gasteiger partial charge on any atom is 0.317 e. The molecule has 0 atom stereocenters. The van der Waals surface area contributed by atoms with Crippen molar-refractivity contribution in [1.29, 1.82) is 0 Å². The van der Waals surface area contributed by atoms with E-state index in [0.29, 0.717) is 6.54 Å². The molecule has 0 aliphatic heterocycles. The second kappa shape index (κ2) is 6.93. The number of hydrogen-bond donors (Lipinski definition) is 2. The zero-order chi connectivity index (χ0) is 16.2. The first-order chi connectivity index (χ1) is 9.69. The number of rotatable bonds is 6. The zero-order valence-electron chi connectivity index (χ0n) is 14.0. The summed E-state index contributed by atoms with van der Waals surface area (Å²) >= 11 is 0. The molecule has 0 bridgehead atoms. The monoisotopic (exact) mass is 296 g/mol. The summed E-state index contributed by atoms with van der Waals surface area (Å²) in [5.41, 5.74) is 2.38. The number of hydrogen-bond acceptors (Lipinski definition) is 3. The van der Waals surface area contributed by atoms with Gasteiger partial charge in [0.2, 0.25) is 0 Å². The molecule has 1 rings (SSSR count).